The van der Waals surface area contributed by atoms with Crippen LogP contribution in [0.4, 0.5) is 10.1 Å². The zero-order valence-corrected chi connectivity index (χ0v) is 18.4. The molecule has 4 atom stereocenters. The lowest BCUT2D eigenvalue weighted by Crippen LogP contribution is -2.48. The van der Waals surface area contributed by atoms with Crippen LogP contribution in [-0.4, -0.2) is 39.5 Å². The second-order valence-corrected chi connectivity index (χ2v) is 8.99. The number of nitrogens with one attached hydrogen (secondary N) is 1. The number of carbonyl (C=O) groups excluding carboxylic acids is 4. The summed E-state index contributed by atoms with van der Waals surface area (Å²) in [6.07, 6.45) is 0. The highest BCUT2D eigenvalue weighted by atomic mass is 19.1. The minimum Gasteiger partial charge on any atom is -0.324 e. The van der Waals surface area contributed by atoms with Crippen molar-refractivity contribution >= 4 is 29.3 Å². The Kier molecular flexibility index (Phi) is 4.77. The van der Waals surface area contributed by atoms with E-state index in [0.29, 0.717) is 11.3 Å². The third-order valence-electron chi connectivity index (χ3n) is 7.08. The van der Waals surface area contributed by atoms with Crippen LogP contribution in [-0.2, 0) is 20.9 Å². The number of hydrogen-bond acceptors (Lipinski definition) is 4. The van der Waals surface area contributed by atoms with Crippen LogP contribution in [0.15, 0.2) is 78.9 Å². The molecule has 7 nitrogen and oxygen atoms in total. The quantitative estimate of drug-likeness (QED) is 0.597. The first kappa shape index (κ1) is 21.2. The molecule has 8 heteroatoms. The summed E-state index contributed by atoms with van der Waals surface area (Å²) in [6, 6.07) is 19.1. The first-order valence-corrected chi connectivity index (χ1v) is 11.3. The van der Waals surface area contributed by atoms with Gasteiger partial charge in [-0.2, -0.15) is 0 Å². The van der Waals surface area contributed by atoms with Gasteiger partial charge in [0.15, 0.2) is 0 Å². The van der Waals surface area contributed by atoms with Crippen molar-refractivity contribution in [2.45, 2.75) is 18.6 Å². The lowest BCUT2D eigenvalue weighted by Gasteiger charge is -2.31. The van der Waals surface area contributed by atoms with E-state index in [4.69, 9.17) is 0 Å². The van der Waals surface area contributed by atoms with E-state index < -0.39 is 53.4 Å². The summed E-state index contributed by atoms with van der Waals surface area (Å²) < 4.78 is 13.7. The van der Waals surface area contributed by atoms with E-state index in [1.54, 1.807) is 24.3 Å². The number of para-hydroxylation sites is 1. The molecule has 0 radical (unpaired) electrons. The molecule has 174 valence electrons. The molecule has 0 aliphatic carbocycles. The molecule has 35 heavy (non-hydrogen) atoms. The number of imide groups is 1. The van der Waals surface area contributed by atoms with Crippen LogP contribution >= 0.6 is 0 Å². The number of nitrogens with zero attached hydrogens (tertiary/aromatic N) is 2. The van der Waals surface area contributed by atoms with Crippen LogP contribution in [0.1, 0.15) is 27.5 Å². The molecule has 0 saturated carbocycles. The predicted molar refractivity (Wildman–Crippen MR) is 123 cm³/mol. The highest BCUT2D eigenvalue weighted by molar-refractivity contribution is 6.16. The number of hydrogen-bond donors (Lipinski definition) is 1. The third-order valence-corrected chi connectivity index (χ3v) is 7.08. The zero-order chi connectivity index (χ0) is 24.3. The summed E-state index contributed by atoms with van der Waals surface area (Å²) in [6.45, 7) is 0.0736. The van der Waals surface area contributed by atoms with E-state index in [0.717, 1.165) is 5.56 Å². The Morgan fingerprint density at radius 1 is 0.743 bits per heavy atom. The molecule has 3 heterocycles. The van der Waals surface area contributed by atoms with Crippen LogP contribution in [0.2, 0.25) is 0 Å². The fourth-order valence-corrected chi connectivity index (χ4v) is 5.57. The Hall–Kier alpha value is -4.33. The summed E-state index contributed by atoms with van der Waals surface area (Å²) in [5.74, 6) is -4.38. The fourth-order valence-electron chi connectivity index (χ4n) is 5.57. The maximum Gasteiger partial charge on any atom is 0.257 e. The molecule has 0 spiro atoms. The van der Waals surface area contributed by atoms with Gasteiger partial charge in [-0.25, -0.2) is 4.39 Å². The van der Waals surface area contributed by atoms with Gasteiger partial charge >= 0.3 is 0 Å². The van der Waals surface area contributed by atoms with Crippen molar-refractivity contribution < 1.29 is 23.6 Å². The van der Waals surface area contributed by atoms with Crippen LogP contribution in [0.3, 0.4) is 0 Å². The van der Waals surface area contributed by atoms with Gasteiger partial charge in [0, 0.05) is 0 Å². The molecule has 0 bridgehead atoms. The second kappa shape index (κ2) is 7.87. The lowest BCUT2D eigenvalue weighted by atomic mass is 9.86. The standard InChI is InChI=1S/C27H20FN3O4/c28-17-12-10-16(11-13-17)22-20-21(27(35)30(26(20)34)14-15-6-2-1-3-7-15)23-24(32)29-19-9-5-4-8-18(19)25(33)31(22)23/h1-13,20-23H,14H2,(H,29,32)/t20-,21+,22-,23-/m1/s1. The summed E-state index contributed by atoms with van der Waals surface area (Å²) >= 11 is 0. The number of fused-ring (bicyclic) bond motifs is 4. The number of likely N-dealkylation sites (tertiary alicyclic amines) is 1. The first-order valence-electron chi connectivity index (χ1n) is 11.3. The van der Waals surface area contributed by atoms with Crippen LogP contribution in [0, 0.1) is 17.7 Å². The first-order chi connectivity index (χ1) is 17.0. The minimum absolute atomic E-state index is 0.0736. The molecule has 3 aliphatic heterocycles. The van der Waals surface area contributed by atoms with Crippen molar-refractivity contribution in [2.24, 2.45) is 11.8 Å². The van der Waals surface area contributed by atoms with Gasteiger partial charge in [0.2, 0.25) is 17.7 Å². The van der Waals surface area contributed by atoms with Crippen molar-refractivity contribution in [3.8, 4) is 0 Å². The second-order valence-electron chi connectivity index (χ2n) is 8.99. The Balaban J connectivity index is 1.49. The van der Waals surface area contributed by atoms with E-state index in [9.17, 15) is 23.6 Å². The molecule has 1 N–H and O–H groups in total. The third kappa shape index (κ3) is 3.17. The Bertz CT molecular complexity index is 1370. The number of halogens is 1. The largest absolute Gasteiger partial charge is 0.324 e. The van der Waals surface area contributed by atoms with Crippen LogP contribution < -0.4 is 5.32 Å². The summed E-state index contributed by atoms with van der Waals surface area (Å²) in [7, 11) is 0. The topological polar surface area (TPSA) is 86.8 Å². The van der Waals surface area contributed by atoms with Crippen LogP contribution in [0.5, 0.6) is 0 Å². The average molecular weight is 469 g/mol. The smallest absolute Gasteiger partial charge is 0.257 e. The van der Waals surface area contributed by atoms with Gasteiger partial charge in [0.05, 0.1) is 35.7 Å². The van der Waals surface area contributed by atoms with Crippen molar-refractivity contribution in [3.63, 3.8) is 0 Å². The van der Waals surface area contributed by atoms with E-state index in [2.05, 4.69) is 5.32 Å². The molecule has 2 fully saturated rings. The summed E-state index contributed by atoms with van der Waals surface area (Å²) in [5.41, 5.74) is 1.89. The fraction of sp³-hybridized carbons (Fsp3) is 0.185. The zero-order valence-electron chi connectivity index (χ0n) is 18.4. The van der Waals surface area contributed by atoms with Gasteiger partial charge in [-0.3, -0.25) is 24.1 Å². The van der Waals surface area contributed by atoms with Gasteiger partial charge in [0.25, 0.3) is 5.91 Å². The molecular weight excluding hydrogens is 449 g/mol. The molecule has 6 rings (SSSR count). The van der Waals surface area contributed by atoms with Gasteiger partial charge in [-0.05, 0) is 35.4 Å². The number of amides is 4. The molecular formula is C27H20FN3O4. The highest BCUT2D eigenvalue weighted by Gasteiger charge is 2.66. The molecule has 4 amide bonds. The molecule has 3 aliphatic rings. The van der Waals surface area contributed by atoms with Crippen molar-refractivity contribution in [1.82, 2.24) is 9.80 Å². The Morgan fingerprint density at radius 3 is 2.09 bits per heavy atom. The van der Waals surface area contributed by atoms with Gasteiger partial charge in [0.1, 0.15) is 11.9 Å². The summed E-state index contributed by atoms with van der Waals surface area (Å²) in [4.78, 5) is 57.1. The molecule has 3 aromatic rings. The molecule has 2 saturated heterocycles. The number of carbonyl (C=O) groups is 4. The predicted octanol–water partition coefficient (Wildman–Crippen LogP) is 3.14. The maximum atomic E-state index is 13.8. The molecule has 0 unspecified atom stereocenters. The van der Waals surface area contributed by atoms with Crippen LogP contribution in [0.25, 0.3) is 0 Å². The van der Waals surface area contributed by atoms with E-state index >= 15 is 0 Å². The number of rotatable bonds is 3. The normalized spacial score (nSPS) is 25.2. The minimum atomic E-state index is -1.17. The van der Waals surface area contributed by atoms with Gasteiger partial charge in [-0.1, -0.05) is 54.6 Å². The van der Waals surface area contributed by atoms with Gasteiger partial charge < -0.3 is 10.2 Å². The van der Waals surface area contributed by atoms with Crippen molar-refractivity contribution in [3.05, 3.63) is 101 Å². The summed E-state index contributed by atoms with van der Waals surface area (Å²) in [5, 5.41) is 2.77. The highest BCUT2D eigenvalue weighted by Crippen LogP contribution is 2.52. The SMILES string of the molecule is O=C1Nc2ccccc2C(=O)N2[C@H](c3ccc(F)cc3)[C@@H]3C(=O)N(Cc4ccccc4)C(=O)[C@@H]3[C@H]12. The average Bonchev–Trinajstić information content (AvgIpc) is 3.30. The molecule has 0 aromatic heterocycles. The molecule has 3 aromatic carbocycles. The number of anilines is 1. The van der Waals surface area contributed by atoms with Crippen molar-refractivity contribution in [1.29, 1.82) is 0 Å². The van der Waals surface area contributed by atoms with Gasteiger partial charge in [-0.15, -0.1) is 0 Å². The van der Waals surface area contributed by atoms with E-state index in [-0.39, 0.29) is 12.1 Å². The maximum absolute atomic E-state index is 13.8. The Labute approximate surface area is 200 Å². The monoisotopic (exact) mass is 469 g/mol. The van der Waals surface area contributed by atoms with E-state index in [1.807, 2.05) is 30.3 Å². The van der Waals surface area contributed by atoms with E-state index in [1.165, 1.54) is 34.1 Å². The Morgan fingerprint density at radius 2 is 1.37 bits per heavy atom. The lowest BCUT2D eigenvalue weighted by molar-refractivity contribution is -0.143. The van der Waals surface area contributed by atoms with Crippen molar-refractivity contribution in [2.75, 3.05) is 5.32 Å². The number of benzene rings is 3.